The molecule has 0 amide bonds. The molecule has 0 aliphatic heterocycles. The zero-order chi connectivity index (χ0) is 23.2. The summed E-state index contributed by atoms with van der Waals surface area (Å²) in [4.78, 5) is 13.6. The molecule has 0 unspecified atom stereocenters. The van der Waals surface area contributed by atoms with Gasteiger partial charge in [0.2, 0.25) is 5.95 Å². The van der Waals surface area contributed by atoms with E-state index < -0.39 is 0 Å². The van der Waals surface area contributed by atoms with Crippen molar-refractivity contribution in [1.29, 1.82) is 0 Å². The first kappa shape index (κ1) is 21.3. The van der Waals surface area contributed by atoms with Crippen LogP contribution in [0, 0.1) is 0 Å². The minimum Gasteiger partial charge on any atom is -0.363 e. The van der Waals surface area contributed by atoms with Crippen molar-refractivity contribution in [2.24, 2.45) is 0 Å². The van der Waals surface area contributed by atoms with Gasteiger partial charge in [-0.15, -0.1) is 0 Å². The first-order valence-electron chi connectivity index (χ1n) is 11.3. The van der Waals surface area contributed by atoms with E-state index in [4.69, 9.17) is 4.98 Å². The summed E-state index contributed by atoms with van der Waals surface area (Å²) in [5.74, 6) is 1.32. The number of hydrogen-bond acceptors (Lipinski definition) is 5. The predicted molar refractivity (Wildman–Crippen MR) is 139 cm³/mol. The van der Waals surface area contributed by atoms with Gasteiger partial charge in [-0.3, -0.25) is 0 Å². The summed E-state index contributed by atoms with van der Waals surface area (Å²) in [5.41, 5.74) is 6.31. The maximum absolute atomic E-state index is 4.75. The highest BCUT2D eigenvalue weighted by molar-refractivity contribution is 5.72. The largest absolute Gasteiger partial charge is 0.363 e. The minimum atomic E-state index is 0.139. The highest BCUT2D eigenvalue weighted by atomic mass is 15.1. The van der Waals surface area contributed by atoms with Crippen LogP contribution in [0.4, 0.5) is 17.5 Å². The average molecular weight is 444 g/mol. The molecule has 5 heteroatoms. The Morgan fingerprint density at radius 1 is 0.647 bits per heavy atom. The van der Waals surface area contributed by atoms with E-state index in [0.29, 0.717) is 5.95 Å². The molecule has 34 heavy (non-hydrogen) atoms. The lowest BCUT2D eigenvalue weighted by molar-refractivity contribution is 0.875. The van der Waals surface area contributed by atoms with Crippen molar-refractivity contribution in [3.05, 3.63) is 121 Å². The van der Waals surface area contributed by atoms with Crippen LogP contribution in [-0.2, 0) is 0 Å². The van der Waals surface area contributed by atoms with Gasteiger partial charge in [-0.25, -0.2) is 15.0 Å². The first-order valence-corrected chi connectivity index (χ1v) is 11.3. The molecule has 3 aromatic carbocycles. The number of pyridine rings is 1. The van der Waals surface area contributed by atoms with Crippen molar-refractivity contribution in [2.75, 3.05) is 10.6 Å². The number of aromatic nitrogens is 3. The van der Waals surface area contributed by atoms with Crippen LogP contribution in [0.3, 0.4) is 0 Å². The summed E-state index contributed by atoms with van der Waals surface area (Å²) in [6, 6.07) is 35.0. The fourth-order valence-corrected chi connectivity index (χ4v) is 3.83. The Labute approximate surface area is 199 Å². The molecule has 0 saturated heterocycles. The van der Waals surface area contributed by atoms with Crippen molar-refractivity contribution in [3.63, 3.8) is 0 Å². The maximum atomic E-state index is 4.75. The highest BCUT2D eigenvalue weighted by Crippen LogP contribution is 2.26. The summed E-state index contributed by atoms with van der Waals surface area (Å²) in [6.07, 6.45) is 3.55. The number of anilines is 3. The van der Waals surface area contributed by atoms with Crippen LogP contribution in [-0.4, -0.2) is 15.0 Å². The molecule has 166 valence electrons. The Morgan fingerprint density at radius 3 is 2.18 bits per heavy atom. The first-order chi connectivity index (χ1) is 16.7. The van der Waals surface area contributed by atoms with E-state index >= 15 is 0 Å². The van der Waals surface area contributed by atoms with Crippen molar-refractivity contribution < 1.29 is 0 Å². The second kappa shape index (κ2) is 9.96. The SMILES string of the molecule is C[C@H](Nc1cc(Nc2nccc(-c3cccc(-c4ccccc4)c3)n2)ccn1)c1ccccc1. The number of nitrogens with one attached hydrogen (secondary N) is 2. The molecule has 0 radical (unpaired) electrons. The molecule has 5 rings (SSSR count). The molecule has 0 bridgehead atoms. The summed E-state index contributed by atoms with van der Waals surface area (Å²) >= 11 is 0. The monoisotopic (exact) mass is 443 g/mol. The van der Waals surface area contributed by atoms with Gasteiger partial charge >= 0.3 is 0 Å². The van der Waals surface area contributed by atoms with E-state index in [1.165, 1.54) is 11.1 Å². The lowest BCUT2D eigenvalue weighted by Gasteiger charge is -2.15. The van der Waals surface area contributed by atoms with Gasteiger partial charge in [-0.2, -0.15) is 0 Å². The zero-order valence-corrected chi connectivity index (χ0v) is 18.9. The molecule has 0 aliphatic rings. The molecule has 1 atom stereocenters. The Balaban J connectivity index is 1.34. The summed E-state index contributed by atoms with van der Waals surface area (Å²) in [6.45, 7) is 2.12. The normalized spacial score (nSPS) is 11.6. The average Bonchev–Trinajstić information content (AvgIpc) is 2.90. The van der Waals surface area contributed by atoms with Gasteiger partial charge in [0.05, 0.1) is 5.69 Å². The van der Waals surface area contributed by atoms with E-state index in [1.807, 2.05) is 54.6 Å². The zero-order valence-electron chi connectivity index (χ0n) is 18.9. The van der Waals surface area contributed by atoms with Crippen LogP contribution in [0.25, 0.3) is 22.4 Å². The Bertz CT molecular complexity index is 1370. The third kappa shape index (κ3) is 5.10. The summed E-state index contributed by atoms with van der Waals surface area (Å²) in [5, 5.41) is 6.76. The van der Waals surface area contributed by atoms with Crippen LogP contribution >= 0.6 is 0 Å². The van der Waals surface area contributed by atoms with E-state index in [0.717, 1.165) is 28.3 Å². The van der Waals surface area contributed by atoms with Crippen LogP contribution in [0.15, 0.2) is 116 Å². The maximum Gasteiger partial charge on any atom is 0.227 e. The van der Waals surface area contributed by atoms with Crippen LogP contribution in [0.1, 0.15) is 18.5 Å². The number of nitrogens with zero attached hydrogens (tertiary/aromatic N) is 3. The van der Waals surface area contributed by atoms with Crippen molar-refractivity contribution >= 4 is 17.5 Å². The van der Waals surface area contributed by atoms with E-state index in [1.54, 1.807) is 12.4 Å². The number of hydrogen-bond donors (Lipinski definition) is 2. The number of benzene rings is 3. The molecule has 2 aromatic heterocycles. The summed E-state index contributed by atoms with van der Waals surface area (Å²) < 4.78 is 0. The summed E-state index contributed by atoms with van der Waals surface area (Å²) in [7, 11) is 0. The molecule has 0 fully saturated rings. The Kier molecular flexibility index (Phi) is 6.25. The molecule has 0 saturated carbocycles. The van der Waals surface area contributed by atoms with Gasteiger partial charge in [0, 0.05) is 35.8 Å². The van der Waals surface area contributed by atoms with Crippen LogP contribution in [0.5, 0.6) is 0 Å². The third-order valence-corrected chi connectivity index (χ3v) is 5.60. The highest BCUT2D eigenvalue weighted by Gasteiger charge is 2.08. The van der Waals surface area contributed by atoms with Gasteiger partial charge in [0.25, 0.3) is 0 Å². The Hall–Kier alpha value is -4.51. The topological polar surface area (TPSA) is 62.7 Å². The molecular formula is C29H25N5. The molecule has 2 heterocycles. The standard InChI is InChI=1S/C29H25N5/c1-21(22-9-4-2-5-10-22)32-28-20-26(15-17-30-28)33-29-31-18-16-27(34-29)25-14-8-13-24(19-25)23-11-6-3-7-12-23/h2-21H,1H3,(H2,30,31,32,33,34)/t21-/m0/s1. The Morgan fingerprint density at radius 2 is 1.35 bits per heavy atom. The lowest BCUT2D eigenvalue weighted by Crippen LogP contribution is -2.08. The molecule has 5 aromatic rings. The van der Waals surface area contributed by atoms with Crippen molar-refractivity contribution in [3.8, 4) is 22.4 Å². The van der Waals surface area contributed by atoms with Gasteiger partial charge in [0.15, 0.2) is 0 Å². The molecule has 0 spiro atoms. The van der Waals surface area contributed by atoms with Gasteiger partial charge in [0.1, 0.15) is 5.82 Å². The second-order valence-corrected chi connectivity index (χ2v) is 8.04. The predicted octanol–water partition coefficient (Wildman–Crippen LogP) is 7.12. The molecule has 2 N–H and O–H groups in total. The van der Waals surface area contributed by atoms with E-state index in [9.17, 15) is 0 Å². The quantitative estimate of drug-likeness (QED) is 0.280. The van der Waals surface area contributed by atoms with E-state index in [2.05, 4.69) is 76.1 Å². The number of rotatable bonds is 7. The molecular weight excluding hydrogens is 418 g/mol. The smallest absolute Gasteiger partial charge is 0.227 e. The van der Waals surface area contributed by atoms with Crippen molar-refractivity contribution in [1.82, 2.24) is 15.0 Å². The van der Waals surface area contributed by atoms with Crippen molar-refractivity contribution in [2.45, 2.75) is 13.0 Å². The second-order valence-electron chi connectivity index (χ2n) is 8.04. The fraction of sp³-hybridized carbons (Fsp3) is 0.0690. The lowest BCUT2D eigenvalue weighted by atomic mass is 10.0. The minimum absolute atomic E-state index is 0.139. The van der Waals surface area contributed by atoms with E-state index in [-0.39, 0.29) is 6.04 Å². The third-order valence-electron chi connectivity index (χ3n) is 5.60. The van der Waals surface area contributed by atoms with Gasteiger partial charge in [-0.1, -0.05) is 78.9 Å². The molecule has 5 nitrogen and oxygen atoms in total. The molecule has 0 aliphatic carbocycles. The van der Waals surface area contributed by atoms with Gasteiger partial charge < -0.3 is 10.6 Å². The van der Waals surface area contributed by atoms with Gasteiger partial charge in [-0.05, 0) is 41.8 Å². The fourth-order valence-electron chi connectivity index (χ4n) is 3.83. The van der Waals surface area contributed by atoms with Crippen LogP contribution in [0.2, 0.25) is 0 Å². The van der Waals surface area contributed by atoms with Crippen LogP contribution < -0.4 is 10.6 Å².